The van der Waals surface area contributed by atoms with Gasteiger partial charge >= 0.3 is 6.03 Å². The lowest BCUT2D eigenvalue weighted by Crippen LogP contribution is -2.30. The van der Waals surface area contributed by atoms with Crippen molar-refractivity contribution in [3.63, 3.8) is 0 Å². The number of hydrogen-bond donors (Lipinski definition) is 1. The van der Waals surface area contributed by atoms with E-state index in [9.17, 15) is 9.59 Å². The SMILES string of the molecule is C=CCN1C(=O)N/C(=C/c2ccc(N(CC)CC)c(Br)c2)C1=O. The van der Waals surface area contributed by atoms with Gasteiger partial charge in [0.1, 0.15) is 5.70 Å². The lowest BCUT2D eigenvalue weighted by Gasteiger charge is -2.22. The van der Waals surface area contributed by atoms with Gasteiger partial charge in [-0.25, -0.2) is 4.79 Å². The average molecular weight is 378 g/mol. The van der Waals surface area contributed by atoms with Crippen LogP contribution in [0.3, 0.4) is 0 Å². The third-order valence-corrected chi connectivity index (χ3v) is 4.30. The minimum absolute atomic E-state index is 0.201. The number of nitrogens with one attached hydrogen (secondary N) is 1. The van der Waals surface area contributed by atoms with E-state index in [0.717, 1.165) is 33.7 Å². The molecule has 1 fully saturated rings. The molecule has 0 aliphatic carbocycles. The fraction of sp³-hybridized carbons (Fsp3) is 0.294. The molecule has 6 heteroatoms. The molecule has 2 rings (SSSR count). The molecule has 0 radical (unpaired) electrons. The molecule has 23 heavy (non-hydrogen) atoms. The average Bonchev–Trinajstić information content (AvgIpc) is 2.78. The van der Waals surface area contributed by atoms with E-state index in [2.05, 4.69) is 46.6 Å². The summed E-state index contributed by atoms with van der Waals surface area (Å²) in [5, 5.41) is 2.59. The molecule has 0 spiro atoms. The maximum atomic E-state index is 12.2. The lowest BCUT2D eigenvalue weighted by atomic mass is 10.1. The Morgan fingerprint density at radius 1 is 1.30 bits per heavy atom. The van der Waals surface area contributed by atoms with Gasteiger partial charge in [-0.2, -0.15) is 0 Å². The molecule has 0 aromatic heterocycles. The molecule has 0 atom stereocenters. The number of halogens is 1. The number of carbonyl (C=O) groups is 2. The van der Waals surface area contributed by atoms with Crippen LogP contribution in [0, 0.1) is 0 Å². The number of hydrogen-bond acceptors (Lipinski definition) is 3. The molecule has 1 aliphatic rings. The second kappa shape index (κ2) is 7.46. The Labute approximate surface area is 144 Å². The van der Waals surface area contributed by atoms with Gasteiger partial charge in [0.05, 0.1) is 5.69 Å². The van der Waals surface area contributed by atoms with Crippen LogP contribution in [0.2, 0.25) is 0 Å². The molecular weight excluding hydrogens is 358 g/mol. The second-order valence-electron chi connectivity index (χ2n) is 5.08. The summed E-state index contributed by atoms with van der Waals surface area (Å²) in [5.74, 6) is -0.334. The predicted molar refractivity (Wildman–Crippen MR) is 96.1 cm³/mol. The molecule has 0 saturated carbocycles. The van der Waals surface area contributed by atoms with Crippen LogP contribution in [-0.2, 0) is 4.79 Å². The number of benzene rings is 1. The zero-order valence-corrected chi connectivity index (χ0v) is 14.9. The largest absolute Gasteiger partial charge is 0.371 e. The molecule has 5 nitrogen and oxygen atoms in total. The number of anilines is 1. The Morgan fingerprint density at radius 3 is 2.57 bits per heavy atom. The van der Waals surface area contributed by atoms with Crippen LogP contribution in [0.5, 0.6) is 0 Å². The van der Waals surface area contributed by atoms with Gasteiger partial charge in [-0.15, -0.1) is 6.58 Å². The summed E-state index contributed by atoms with van der Waals surface area (Å²) >= 11 is 3.58. The fourth-order valence-corrected chi connectivity index (χ4v) is 3.11. The predicted octanol–water partition coefficient (Wildman–Crippen LogP) is 3.37. The van der Waals surface area contributed by atoms with Gasteiger partial charge < -0.3 is 10.2 Å². The minimum Gasteiger partial charge on any atom is -0.371 e. The number of carbonyl (C=O) groups excluding carboxylic acids is 2. The van der Waals surface area contributed by atoms with Crippen LogP contribution in [-0.4, -0.2) is 36.5 Å². The second-order valence-corrected chi connectivity index (χ2v) is 5.93. The molecule has 1 aromatic rings. The molecule has 1 aliphatic heterocycles. The zero-order chi connectivity index (χ0) is 17.0. The molecule has 1 heterocycles. The van der Waals surface area contributed by atoms with Gasteiger partial charge in [0, 0.05) is 24.1 Å². The van der Waals surface area contributed by atoms with E-state index < -0.39 is 6.03 Å². The normalized spacial score (nSPS) is 16.0. The van der Waals surface area contributed by atoms with Crippen LogP contribution in [0.25, 0.3) is 6.08 Å². The van der Waals surface area contributed by atoms with Crippen molar-refractivity contribution in [2.75, 3.05) is 24.5 Å². The van der Waals surface area contributed by atoms with Crippen molar-refractivity contribution in [2.24, 2.45) is 0 Å². The van der Waals surface area contributed by atoms with E-state index in [1.54, 1.807) is 6.08 Å². The highest BCUT2D eigenvalue weighted by Crippen LogP contribution is 2.28. The summed E-state index contributed by atoms with van der Waals surface area (Å²) in [6, 6.07) is 5.46. The monoisotopic (exact) mass is 377 g/mol. The number of nitrogens with zero attached hydrogens (tertiary/aromatic N) is 2. The zero-order valence-electron chi connectivity index (χ0n) is 13.3. The van der Waals surface area contributed by atoms with Crippen molar-refractivity contribution >= 4 is 39.6 Å². The van der Waals surface area contributed by atoms with Crippen LogP contribution in [0.1, 0.15) is 19.4 Å². The Kier molecular flexibility index (Phi) is 5.60. The molecule has 3 amide bonds. The van der Waals surface area contributed by atoms with Crippen LogP contribution in [0.4, 0.5) is 10.5 Å². The molecular formula is C17H20BrN3O2. The number of rotatable bonds is 6. The fourth-order valence-electron chi connectivity index (χ4n) is 2.47. The van der Waals surface area contributed by atoms with Crippen molar-refractivity contribution in [3.05, 3.63) is 46.6 Å². The summed E-state index contributed by atoms with van der Waals surface area (Å²) in [7, 11) is 0. The van der Waals surface area contributed by atoms with E-state index >= 15 is 0 Å². The first-order valence-electron chi connectivity index (χ1n) is 7.51. The smallest absolute Gasteiger partial charge is 0.329 e. The van der Waals surface area contributed by atoms with Crippen LogP contribution in [0.15, 0.2) is 41.0 Å². The highest BCUT2D eigenvalue weighted by Gasteiger charge is 2.32. The van der Waals surface area contributed by atoms with E-state index in [1.807, 2.05) is 18.2 Å². The first kappa shape index (κ1) is 17.3. The van der Waals surface area contributed by atoms with Crippen LogP contribution < -0.4 is 10.2 Å². The Hall–Kier alpha value is -2.08. The van der Waals surface area contributed by atoms with Crippen LogP contribution >= 0.6 is 15.9 Å². The summed E-state index contributed by atoms with van der Waals surface area (Å²) in [5.41, 5.74) is 2.23. The van der Waals surface area contributed by atoms with Gasteiger partial charge in [0.25, 0.3) is 5.91 Å². The third-order valence-electron chi connectivity index (χ3n) is 3.66. The topological polar surface area (TPSA) is 52.7 Å². The maximum absolute atomic E-state index is 12.2. The lowest BCUT2D eigenvalue weighted by molar-refractivity contribution is -0.122. The first-order chi connectivity index (χ1) is 11.0. The molecule has 0 unspecified atom stereocenters. The van der Waals surface area contributed by atoms with E-state index in [4.69, 9.17) is 0 Å². The summed E-state index contributed by atoms with van der Waals surface area (Å²) in [6.45, 7) is 9.80. The minimum atomic E-state index is -0.417. The molecule has 1 N–H and O–H groups in total. The van der Waals surface area contributed by atoms with Gasteiger partial charge in [-0.05, 0) is 53.5 Å². The highest BCUT2D eigenvalue weighted by molar-refractivity contribution is 9.10. The van der Waals surface area contributed by atoms with Crippen molar-refractivity contribution in [1.82, 2.24) is 10.2 Å². The van der Waals surface area contributed by atoms with Gasteiger partial charge in [0.2, 0.25) is 0 Å². The highest BCUT2D eigenvalue weighted by atomic mass is 79.9. The van der Waals surface area contributed by atoms with E-state index in [0.29, 0.717) is 0 Å². The maximum Gasteiger partial charge on any atom is 0.329 e. The molecule has 122 valence electrons. The van der Waals surface area contributed by atoms with E-state index in [1.165, 1.54) is 6.08 Å². The quantitative estimate of drug-likeness (QED) is 0.469. The van der Waals surface area contributed by atoms with E-state index in [-0.39, 0.29) is 18.1 Å². The van der Waals surface area contributed by atoms with Gasteiger partial charge in [-0.1, -0.05) is 12.1 Å². The first-order valence-corrected chi connectivity index (χ1v) is 8.31. The van der Waals surface area contributed by atoms with Crippen molar-refractivity contribution < 1.29 is 9.59 Å². The molecule has 1 aromatic carbocycles. The Balaban J connectivity index is 2.27. The van der Waals surface area contributed by atoms with Gasteiger partial charge in [0.15, 0.2) is 0 Å². The number of urea groups is 1. The summed E-state index contributed by atoms with van der Waals surface area (Å²) in [6.07, 6.45) is 3.20. The third kappa shape index (κ3) is 3.64. The molecule has 0 bridgehead atoms. The standard InChI is InChI=1S/C17H20BrN3O2/c1-4-9-21-16(22)14(19-17(21)23)11-12-7-8-15(13(18)10-12)20(5-2)6-3/h4,7-8,10-11H,1,5-6,9H2,2-3H3,(H,19,23)/b14-11+. The Morgan fingerprint density at radius 2 is 2.00 bits per heavy atom. The van der Waals surface area contributed by atoms with Crippen molar-refractivity contribution in [3.8, 4) is 0 Å². The number of imide groups is 1. The van der Waals surface area contributed by atoms with Gasteiger partial charge in [-0.3, -0.25) is 9.69 Å². The summed E-state index contributed by atoms with van der Waals surface area (Å²) in [4.78, 5) is 27.3. The Bertz CT molecular complexity index is 666. The molecule has 1 saturated heterocycles. The van der Waals surface area contributed by atoms with Crippen molar-refractivity contribution in [2.45, 2.75) is 13.8 Å². The number of amides is 3. The summed E-state index contributed by atoms with van der Waals surface area (Å²) < 4.78 is 0.954. The van der Waals surface area contributed by atoms with Crippen molar-refractivity contribution in [1.29, 1.82) is 0 Å².